The minimum absolute atomic E-state index is 0. The van der Waals surface area contributed by atoms with Gasteiger partial charge in [0, 0.05) is 67.3 Å². The Bertz CT molecular complexity index is 529. The molecule has 0 rings (SSSR count). The van der Waals surface area contributed by atoms with Gasteiger partial charge in [-0.1, -0.05) is 78.1 Å². The third-order valence-electron chi connectivity index (χ3n) is 4.48. The molecule has 0 aromatic carbocycles. The average Bonchev–Trinajstić information content (AvgIpc) is 2.63. The van der Waals surface area contributed by atoms with E-state index in [4.69, 9.17) is 9.47 Å². The molecule has 7 nitrogen and oxygen atoms in total. The zero-order valence-electron chi connectivity index (χ0n) is 19.2. The average molecular weight is 486 g/mol. The Kier molecular flexibility index (Phi) is 27.7. The maximum absolute atomic E-state index is 12.0. The summed E-state index contributed by atoms with van der Waals surface area (Å²) < 4.78 is 42.0. The summed E-state index contributed by atoms with van der Waals surface area (Å²) in [6.07, 6.45) is 11.3. The summed E-state index contributed by atoms with van der Waals surface area (Å²) in [5, 5.41) is -1.93. The van der Waals surface area contributed by atoms with Gasteiger partial charge >= 0.3 is 11.9 Å². The second-order valence-corrected chi connectivity index (χ2v) is 8.73. The molecule has 0 aliphatic heterocycles. The number of hydrogen-bond acceptors (Lipinski definition) is 6. The maximum atomic E-state index is 12.0. The number of hydrogen-bond donors (Lipinski definition) is 1. The molecule has 169 valence electrons. The van der Waals surface area contributed by atoms with Crippen molar-refractivity contribution in [2.45, 2.75) is 103 Å². The Labute approximate surface area is 234 Å². The molecule has 1 N–H and O–H groups in total. The fourth-order valence-corrected chi connectivity index (χ4v) is 3.39. The minimum atomic E-state index is -4.73. The van der Waals surface area contributed by atoms with Crippen LogP contribution in [0.1, 0.15) is 97.3 Å². The molecular weight excluding hydrogens is 447 g/mol. The van der Waals surface area contributed by atoms with Crippen LogP contribution in [-0.2, 0) is 29.2 Å². The van der Waals surface area contributed by atoms with Crippen LogP contribution in [0.2, 0.25) is 0 Å². The minimum Gasteiger partial charge on any atom is -0.466 e. The van der Waals surface area contributed by atoms with Crippen molar-refractivity contribution in [2.24, 2.45) is 0 Å². The van der Waals surface area contributed by atoms with Crippen LogP contribution in [-0.4, -0.2) is 111 Å². The monoisotopic (exact) mass is 485 g/mol. The van der Waals surface area contributed by atoms with Crippen LogP contribution in [0.4, 0.5) is 0 Å². The molecule has 10 heteroatoms. The molecule has 1 unspecified atom stereocenters. The van der Waals surface area contributed by atoms with Crippen molar-refractivity contribution in [2.75, 3.05) is 13.2 Å². The van der Waals surface area contributed by atoms with E-state index in [0.29, 0.717) is 12.8 Å². The third kappa shape index (κ3) is 21.0. The predicted molar refractivity (Wildman–Crippen MR) is 120 cm³/mol. The molecule has 30 heavy (non-hydrogen) atoms. The van der Waals surface area contributed by atoms with Gasteiger partial charge < -0.3 is 9.47 Å². The normalized spacial score (nSPS) is 11.7. The standard InChI is InChI=1S/C20H38O7S.Ca.Na/c1-3-5-7-9-11-13-15-26-19(21)17-18(28(23,24)25)20(22)27-16-14-12-10-8-6-4-2;;/h18H,3-17H2,1-2H3,(H,23,24,25);;. The second-order valence-electron chi connectivity index (χ2n) is 7.13. The number of esters is 2. The van der Waals surface area contributed by atoms with Gasteiger partial charge in [-0.25, -0.2) is 0 Å². The third-order valence-corrected chi connectivity index (χ3v) is 5.56. The first-order valence-electron chi connectivity index (χ1n) is 10.6. The van der Waals surface area contributed by atoms with Crippen molar-refractivity contribution >= 4 is 89.4 Å². The number of carbonyl (C=O) groups excluding carboxylic acids is 2. The van der Waals surface area contributed by atoms with E-state index in [9.17, 15) is 22.6 Å². The molecule has 0 aliphatic rings. The summed E-state index contributed by atoms with van der Waals surface area (Å²) >= 11 is 0. The molecule has 0 bridgehead atoms. The first-order valence-corrected chi connectivity index (χ1v) is 12.1. The van der Waals surface area contributed by atoms with E-state index in [-0.39, 0.29) is 80.5 Å². The Hall–Kier alpha value is 1.11. The van der Waals surface area contributed by atoms with E-state index in [2.05, 4.69) is 13.8 Å². The smallest absolute Gasteiger partial charge is 0.327 e. The molecule has 0 aromatic heterocycles. The van der Waals surface area contributed by atoms with Crippen LogP contribution in [0.15, 0.2) is 0 Å². The predicted octanol–water partition coefficient (Wildman–Crippen LogP) is 3.68. The molecule has 0 aromatic rings. The van der Waals surface area contributed by atoms with Crippen molar-refractivity contribution in [3.63, 3.8) is 0 Å². The fraction of sp³-hybridized carbons (Fsp3) is 0.900. The van der Waals surface area contributed by atoms with E-state index in [1.54, 1.807) is 0 Å². The summed E-state index contributed by atoms with van der Waals surface area (Å²) in [5.41, 5.74) is 0. The summed E-state index contributed by atoms with van der Waals surface area (Å²) in [6.45, 7) is 4.50. The Morgan fingerprint density at radius 2 is 1.17 bits per heavy atom. The van der Waals surface area contributed by atoms with Crippen molar-refractivity contribution in [1.29, 1.82) is 0 Å². The van der Waals surface area contributed by atoms with E-state index in [1.807, 2.05) is 0 Å². The van der Waals surface area contributed by atoms with E-state index < -0.39 is 33.7 Å². The molecular formula is C20H38CaNaO7S. The van der Waals surface area contributed by atoms with Gasteiger partial charge in [0.25, 0.3) is 10.1 Å². The number of carbonyl (C=O) groups is 2. The maximum Gasteiger partial charge on any atom is 0.327 e. The Morgan fingerprint density at radius 3 is 1.60 bits per heavy atom. The fourth-order valence-electron chi connectivity index (χ4n) is 2.74. The van der Waals surface area contributed by atoms with Crippen LogP contribution in [0.25, 0.3) is 0 Å². The van der Waals surface area contributed by atoms with Gasteiger partial charge in [0.15, 0.2) is 5.25 Å². The molecule has 0 aliphatic carbocycles. The molecule has 0 spiro atoms. The van der Waals surface area contributed by atoms with Gasteiger partial charge in [-0.15, -0.1) is 0 Å². The van der Waals surface area contributed by atoms with E-state index in [0.717, 1.165) is 57.8 Å². The van der Waals surface area contributed by atoms with Crippen molar-refractivity contribution in [1.82, 2.24) is 0 Å². The summed E-state index contributed by atoms with van der Waals surface area (Å²) in [5.74, 6) is -1.93. The van der Waals surface area contributed by atoms with Crippen LogP contribution < -0.4 is 0 Å². The van der Waals surface area contributed by atoms with Crippen LogP contribution in [0, 0.1) is 0 Å². The van der Waals surface area contributed by atoms with Crippen molar-refractivity contribution in [3.05, 3.63) is 0 Å². The first kappa shape index (κ1) is 35.7. The topological polar surface area (TPSA) is 107 Å². The van der Waals surface area contributed by atoms with Crippen LogP contribution in [0.3, 0.4) is 0 Å². The first-order chi connectivity index (χ1) is 13.3. The summed E-state index contributed by atoms with van der Waals surface area (Å²) in [4.78, 5) is 23.8. The zero-order chi connectivity index (χ0) is 21.3. The molecule has 0 amide bonds. The molecule has 0 saturated heterocycles. The van der Waals surface area contributed by atoms with Crippen molar-refractivity contribution in [3.8, 4) is 0 Å². The van der Waals surface area contributed by atoms with E-state index >= 15 is 0 Å². The number of unbranched alkanes of at least 4 members (excludes halogenated alkanes) is 10. The van der Waals surface area contributed by atoms with Gasteiger partial charge in [0.05, 0.1) is 19.6 Å². The number of rotatable bonds is 18. The quantitative estimate of drug-likeness (QED) is 0.137. The van der Waals surface area contributed by atoms with Crippen molar-refractivity contribution < 1.29 is 32.0 Å². The number of ether oxygens (including phenoxy) is 2. The van der Waals surface area contributed by atoms with Gasteiger partial charge in [-0.3, -0.25) is 14.1 Å². The van der Waals surface area contributed by atoms with Gasteiger partial charge in [0.2, 0.25) is 0 Å². The van der Waals surface area contributed by atoms with Crippen LogP contribution >= 0.6 is 0 Å². The van der Waals surface area contributed by atoms with Crippen LogP contribution in [0.5, 0.6) is 0 Å². The Balaban J connectivity index is -0.00000364. The van der Waals surface area contributed by atoms with Gasteiger partial charge in [-0.2, -0.15) is 8.42 Å². The molecule has 0 fully saturated rings. The summed E-state index contributed by atoms with van der Waals surface area (Å²) in [6, 6.07) is 0. The zero-order valence-corrected chi connectivity index (χ0v) is 24.2. The van der Waals surface area contributed by atoms with E-state index in [1.165, 1.54) is 6.42 Å². The molecule has 0 heterocycles. The molecule has 1 atom stereocenters. The largest absolute Gasteiger partial charge is 0.466 e. The van der Waals surface area contributed by atoms with Gasteiger partial charge in [-0.05, 0) is 12.8 Å². The molecule has 3 radical (unpaired) electrons. The van der Waals surface area contributed by atoms with Gasteiger partial charge in [0.1, 0.15) is 0 Å². The summed E-state index contributed by atoms with van der Waals surface area (Å²) in [7, 11) is -4.73. The molecule has 0 saturated carbocycles. The Morgan fingerprint density at radius 1 is 0.767 bits per heavy atom. The second kappa shape index (κ2) is 23.3. The SMILES string of the molecule is CCCCCCCCOC(=O)CC(C(=O)OCCCCCCCC)S(=O)(=O)O.[Ca].[Na].